The lowest BCUT2D eigenvalue weighted by atomic mass is 9.98. The van der Waals surface area contributed by atoms with Crippen molar-refractivity contribution in [3.05, 3.63) is 35.9 Å². The molecule has 2 fully saturated rings. The largest absolute Gasteiger partial charge is 0.480 e. The van der Waals surface area contributed by atoms with Gasteiger partial charge in [-0.3, -0.25) is 14.4 Å². The predicted octanol–water partition coefficient (Wildman–Crippen LogP) is 0.652. The third kappa shape index (κ3) is 3.06. The Labute approximate surface area is 169 Å². The molecule has 1 unspecified atom stereocenters. The van der Waals surface area contributed by atoms with Gasteiger partial charge in [0.15, 0.2) is 0 Å². The van der Waals surface area contributed by atoms with E-state index in [1.165, 1.54) is 9.80 Å². The van der Waals surface area contributed by atoms with Crippen molar-refractivity contribution in [2.45, 2.75) is 43.0 Å². The van der Waals surface area contributed by atoms with Crippen LogP contribution in [0.2, 0.25) is 0 Å². The number of rotatable bonds is 6. The molecule has 29 heavy (non-hydrogen) atoms. The van der Waals surface area contributed by atoms with E-state index in [1.54, 1.807) is 38.1 Å². The van der Waals surface area contributed by atoms with Gasteiger partial charge in [-0.2, -0.15) is 0 Å². The highest BCUT2D eigenvalue weighted by molar-refractivity contribution is 8.46. The number of carboxylic acid groups (broad SMARTS) is 1. The number of nitrogens with two attached hydrogens (primary N) is 1. The zero-order valence-corrected chi connectivity index (χ0v) is 17.1. The van der Waals surface area contributed by atoms with E-state index in [1.807, 2.05) is 6.07 Å². The van der Waals surface area contributed by atoms with E-state index in [0.717, 1.165) is 5.56 Å². The third-order valence-corrected chi connectivity index (χ3v) is 10.6. The number of nitrogens with zero attached hydrogens (tertiary/aromatic N) is 2. The number of aliphatic carboxylic acids is 1. The van der Waals surface area contributed by atoms with Crippen LogP contribution in [0.5, 0.6) is 0 Å². The number of carboxylic acids is 1. The number of hydrogen-bond donors (Lipinski definition) is 3. The fourth-order valence-corrected chi connectivity index (χ4v) is 8.66. The molecule has 0 radical (unpaired) electrons. The Bertz CT molecular complexity index is 861. The van der Waals surface area contributed by atoms with E-state index < -0.39 is 49.2 Å². The molecule has 3 rings (SSSR count). The molecule has 4 N–H and O–H groups in total. The minimum absolute atomic E-state index is 0.00456. The molecular weight excluding hydrogens is 398 g/mol. The Morgan fingerprint density at radius 3 is 2.34 bits per heavy atom. The van der Waals surface area contributed by atoms with E-state index in [2.05, 4.69) is 0 Å². The van der Waals surface area contributed by atoms with Crippen LogP contribution in [0.15, 0.2) is 30.3 Å². The Hall–Kier alpha value is -2.59. The first-order chi connectivity index (χ1) is 13.6. The van der Waals surface area contributed by atoms with Crippen molar-refractivity contribution >= 4 is 33.1 Å². The van der Waals surface area contributed by atoms with Gasteiger partial charge in [0, 0.05) is 11.3 Å². The molecule has 0 spiro atoms. The van der Waals surface area contributed by atoms with Crippen LogP contribution in [0.4, 0.5) is 4.79 Å². The van der Waals surface area contributed by atoms with E-state index in [9.17, 15) is 29.4 Å². The van der Waals surface area contributed by atoms with Gasteiger partial charge in [-0.15, -0.1) is 10.0 Å². The zero-order chi connectivity index (χ0) is 21.6. The summed E-state index contributed by atoms with van der Waals surface area (Å²) in [5, 5.41) is 19.0. The van der Waals surface area contributed by atoms with Crippen molar-refractivity contribution < 1.29 is 29.4 Å². The summed E-state index contributed by atoms with van der Waals surface area (Å²) >= 11 is 0. The van der Waals surface area contributed by atoms with Crippen molar-refractivity contribution in [1.29, 1.82) is 0 Å². The van der Waals surface area contributed by atoms with Gasteiger partial charge in [-0.1, -0.05) is 30.3 Å². The summed E-state index contributed by atoms with van der Waals surface area (Å²) in [6.07, 6.45) is 0.00456. The molecule has 2 saturated heterocycles. The molecule has 0 aromatic heterocycles. The molecule has 1 aromatic rings. The van der Waals surface area contributed by atoms with Crippen LogP contribution < -0.4 is 5.73 Å². The van der Waals surface area contributed by atoms with Gasteiger partial charge in [0.2, 0.25) is 11.8 Å². The van der Waals surface area contributed by atoms with Gasteiger partial charge in [-0.05, 0) is 19.4 Å². The first-order valence-electron chi connectivity index (χ1n) is 9.13. The van der Waals surface area contributed by atoms with Crippen LogP contribution in [0, 0.1) is 0 Å². The smallest absolute Gasteiger partial charge is 0.327 e. The molecule has 0 saturated carbocycles. The molecule has 1 aromatic carbocycles. The molecule has 0 bridgehead atoms. The fourth-order valence-electron chi connectivity index (χ4n) is 4.41. The normalized spacial score (nSPS) is 29.3. The second-order valence-corrected chi connectivity index (χ2v) is 11.6. The molecular formula is C19H25N3O6S. The van der Waals surface area contributed by atoms with Gasteiger partial charge >= 0.3 is 5.97 Å². The number of aliphatic hydroxyl groups is 1. The minimum Gasteiger partial charge on any atom is -0.480 e. The van der Waals surface area contributed by atoms with Crippen molar-refractivity contribution in [3.63, 3.8) is 0 Å². The van der Waals surface area contributed by atoms with Gasteiger partial charge in [0.25, 0.3) is 5.24 Å². The maximum absolute atomic E-state index is 13.8. The van der Waals surface area contributed by atoms with Crippen LogP contribution in [-0.4, -0.2) is 71.7 Å². The molecule has 10 heteroatoms. The average Bonchev–Trinajstić information content (AvgIpc) is 2.81. The van der Waals surface area contributed by atoms with Gasteiger partial charge in [0.1, 0.15) is 12.6 Å². The Morgan fingerprint density at radius 1 is 1.28 bits per heavy atom. The number of primary amides is 1. The van der Waals surface area contributed by atoms with Crippen LogP contribution in [0.3, 0.4) is 0 Å². The summed E-state index contributed by atoms with van der Waals surface area (Å²) in [5.74, 6) is -2.85. The number of carbonyl (C=O) groups is 4. The lowest BCUT2D eigenvalue weighted by Crippen LogP contribution is -2.57. The quantitative estimate of drug-likeness (QED) is 0.574. The van der Waals surface area contributed by atoms with E-state index in [4.69, 9.17) is 5.73 Å². The number of benzene rings is 1. The molecule has 3 atom stereocenters. The lowest BCUT2D eigenvalue weighted by molar-refractivity contribution is -0.157. The van der Waals surface area contributed by atoms with E-state index >= 15 is 0 Å². The third-order valence-electron chi connectivity index (χ3n) is 5.86. The Kier molecular flexibility index (Phi) is 5.35. The van der Waals surface area contributed by atoms with Crippen molar-refractivity contribution in [1.82, 2.24) is 9.80 Å². The predicted molar refractivity (Wildman–Crippen MR) is 107 cm³/mol. The maximum atomic E-state index is 13.8. The van der Waals surface area contributed by atoms with Gasteiger partial charge in [0.05, 0.1) is 17.7 Å². The van der Waals surface area contributed by atoms with Crippen LogP contribution >= 0.6 is 10.0 Å². The fraction of sp³-hybridized carbons (Fsp3) is 0.474. The van der Waals surface area contributed by atoms with Gasteiger partial charge in [-0.25, -0.2) is 4.79 Å². The highest BCUT2D eigenvalue weighted by atomic mass is 32.3. The van der Waals surface area contributed by atoms with Gasteiger partial charge < -0.3 is 25.7 Å². The molecule has 2 aliphatic rings. The van der Waals surface area contributed by atoms with Crippen molar-refractivity contribution in [2.24, 2.45) is 5.73 Å². The molecule has 3 amide bonds. The summed E-state index contributed by atoms with van der Waals surface area (Å²) in [5.41, 5.74) is 6.13. The highest BCUT2D eigenvalue weighted by Gasteiger charge is 2.72. The standard InChI is InChI=1S/C19H25N3O6S/c1-19(2)16(17(26)27)22-14(25)8-15(22)29(19,11-23)18(28)21(10-13(20)24)9-12-6-4-3-5-7-12/h3-7,15-16,23H,8-11H2,1-2H3,(H2,20,24)(H,26,27)/t15-,16+/m1/s1. The minimum atomic E-state index is -2.73. The zero-order valence-electron chi connectivity index (χ0n) is 16.3. The Balaban J connectivity index is 2.05. The van der Waals surface area contributed by atoms with E-state index in [0.29, 0.717) is 0 Å². The van der Waals surface area contributed by atoms with Crippen LogP contribution in [0.1, 0.15) is 25.8 Å². The Morgan fingerprint density at radius 2 is 1.90 bits per heavy atom. The highest BCUT2D eigenvalue weighted by Crippen LogP contribution is 2.74. The SMILES string of the molecule is CC1(C)[C@H](C(=O)O)N2C(=O)C[C@H]2S1(CO)C(=O)N(CC(N)=O)Cc1ccccc1. The summed E-state index contributed by atoms with van der Waals surface area (Å²) in [4.78, 5) is 52.1. The number of hydrogen-bond acceptors (Lipinski definition) is 5. The van der Waals surface area contributed by atoms with Crippen LogP contribution in [-0.2, 0) is 20.9 Å². The number of aliphatic hydroxyl groups excluding tert-OH is 1. The van der Waals surface area contributed by atoms with Crippen LogP contribution in [0.25, 0.3) is 0 Å². The van der Waals surface area contributed by atoms with Crippen molar-refractivity contribution in [3.8, 4) is 0 Å². The summed E-state index contributed by atoms with van der Waals surface area (Å²) in [7, 11) is -2.73. The maximum Gasteiger partial charge on any atom is 0.327 e. The number of amides is 3. The first-order valence-corrected chi connectivity index (χ1v) is 11.0. The van der Waals surface area contributed by atoms with Crippen molar-refractivity contribution in [2.75, 3.05) is 12.5 Å². The topological polar surface area (TPSA) is 141 Å². The number of β-lactam (4-membered cyclic amide) rings is 1. The summed E-state index contributed by atoms with van der Waals surface area (Å²) < 4.78 is -1.19. The molecule has 2 aliphatic heterocycles. The monoisotopic (exact) mass is 423 g/mol. The average molecular weight is 423 g/mol. The first kappa shape index (κ1) is 21.1. The molecule has 9 nitrogen and oxygen atoms in total. The molecule has 0 aliphatic carbocycles. The lowest BCUT2D eigenvalue weighted by Gasteiger charge is -2.50. The number of fused-ring (bicyclic) bond motifs is 1. The molecule has 2 heterocycles. The van der Waals surface area contributed by atoms with E-state index in [-0.39, 0.29) is 25.4 Å². The summed E-state index contributed by atoms with van der Waals surface area (Å²) in [6, 6.07) is 7.78. The second kappa shape index (κ2) is 7.34. The molecule has 158 valence electrons. The number of carbonyl (C=O) groups excluding carboxylic acids is 3. The second-order valence-electron chi connectivity index (χ2n) is 7.80. The summed E-state index contributed by atoms with van der Waals surface area (Å²) in [6.45, 7) is 2.93.